The number of carbonyl (C=O) groups is 2. The number of aldehydes is 1. The van der Waals surface area contributed by atoms with Crippen molar-refractivity contribution >= 4 is 12.2 Å². The minimum Gasteiger partial charge on any atom is -0.352 e. The van der Waals surface area contributed by atoms with Crippen LogP contribution in [0, 0.1) is 5.92 Å². The first kappa shape index (κ1) is 10.6. The minimum atomic E-state index is 0.183. The molecular formula is C11H18N2O2. The van der Waals surface area contributed by atoms with E-state index in [4.69, 9.17) is 0 Å². The van der Waals surface area contributed by atoms with Crippen molar-refractivity contribution in [1.29, 1.82) is 0 Å². The summed E-state index contributed by atoms with van der Waals surface area (Å²) >= 11 is 0. The normalized spacial score (nSPS) is 29.1. The molecule has 0 aliphatic carbocycles. The maximum absolute atomic E-state index is 11.0. The van der Waals surface area contributed by atoms with Crippen molar-refractivity contribution in [3.05, 3.63) is 0 Å². The zero-order valence-electron chi connectivity index (χ0n) is 8.95. The second-order valence-electron chi connectivity index (χ2n) is 4.58. The predicted molar refractivity (Wildman–Crippen MR) is 56.4 cm³/mol. The Morgan fingerprint density at radius 3 is 2.60 bits per heavy atom. The third-order valence-electron chi connectivity index (χ3n) is 3.39. The Bertz CT molecular complexity index is 247. The Morgan fingerprint density at radius 2 is 2.07 bits per heavy atom. The molecular weight excluding hydrogens is 192 g/mol. The van der Waals surface area contributed by atoms with Crippen molar-refractivity contribution in [2.45, 2.75) is 31.7 Å². The molecule has 1 amide bonds. The lowest BCUT2D eigenvalue weighted by molar-refractivity contribution is -0.119. The fourth-order valence-electron chi connectivity index (χ4n) is 2.40. The van der Waals surface area contributed by atoms with Crippen LogP contribution in [-0.4, -0.2) is 42.8 Å². The Hall–Kier alpha value is -0.900. The molecule has 1 atom stereocenters. The second kappa shape index (κ2) is 4.75. The van der Waals surface area contributed by atoms with Gasteiger partial charge in [0.1, 0.15) is 6.29 Å². The average molecular weight is 210 g/mol. The lowest BCUT2D eigenvalue weighted by Gasteiger charge is -2.31. The summed E-state index contributed by atoms with van der Waals surface area (Å²) in [5.41, 5.74) is 0. The second-order valence-corrected chi connectivity index (χ2v) is 4.58. The van der Waals surface area contributed by atoms with Gasteiger partial charge >= 0.3 is 0 Å². The highest BCUT2D eigenvalue weighted by molar-refractivity contribution is 5.78. The molecule has 2 heterocycles. The van der Waals surface area contributed by atoms with Crippen molar-refractivity contribution in [1.82, 2.24) is 10.2 Å². The quantitative estimate of drug-likeness (QED) is 0.676. The smallest absolute Gasteiger partial charge is 0.220 e. The SMILES string of the molecule is O=CC1CCN(CC2CCC(=O)N2)CC1. The zero-order chi connectivity index (χ0) is 10.7. The summed E-state index contributed by atoms with van der Waals surface area (Å²) in [5.74, 6) is 0.446. The van der Waals surface area contributed by atoms with E-state index in [-0.39, 0.29) is 11.8 Å². The van der Waals surface area contributed by atoms with Gasteiger partial charge in [0.2, 0.25) is 5.91 Å². The van der Waals surface area contributed by atoms with E-state index < -0.39 is 0 Å². The van der Waals surface area contributed by atoms with Gasteiger partial charge in [-0.1, -0.05) is 0 Å². The molecule has 2 fully saturated rings. The molecule has 15 heavy (non-hydrogen) atoms. The van der Waals surface area contributed by atoms with Crippen LogP contribution in [0.25, 0.3) is 0 Å². The van der Waals surface area contributed by atoms with Crippen molar-refractivity contribution in [3.63, 3.8) is 0 Å². The molecule has 0 aromatic heterocycles. The van der Waals surface area contributed by atoms with E-state index in [1.807, 2.05) is 0 Å². The summed E-state index contributed by atoms with van der Waals surface area (Å²) < 4.78 is 0. The lowest BCUT2D eigenvalue weighted by Crippen LogP contribution is -2.42. The molecule has 84 valence electrons. The highest BCUT2D eigenvalue weighted by Gasteiger charge is 2.25. The topological polar surface area (TPSA) is 49.4 Å². The first-order valence-electron chi connectivity index (χ1n) is 5.75. The van der Waals surface area contributed by atoms with Gasteiger partial charge in [0.05, 0.1) is 0 Å². The lowest BCUT2D eigenvalue weighted by atomic mass is 9.98. The fourth-order valence-corrected chi connectivity index (χ4v) is 2.40. The van der Waals surface area contributed by atoms with Crippen LogP contribution >= 0.6 is 0 Å². The predicted octanol–water partition coefficient (Wildman–Crippen LogP) is 0.176. The number of rotatable bonds is 3. The number of amides is 1. The van der Waals surface area contributed by atoms with E-state index in [1.165, 1.54) is 0 Å². The molecule has 2 rings (SSSR count). The van der Waals surface area contributed by atoms with E-state index >= 15 is 0 Å². The molecule has 4 nitrogen and oxygen atoms in total. The van der Waals surface area contributed by atoms with Gasteiger partial charge in [-0.15, -0.1) is 0 Å². The summed E-state index contributed by atoms with van der Waals surface area (Å²) in [6, 6.07) is 0.338. The van der Waals surface area contributed by atoms with Crippen LogP contribution in [0.1, 0.15) is 25.7 Å². The van der Waals surface area contributed by atoms with Gasteiger partial charge < -0.3 is 15.0 Å². The van der Waals surface area contributed by atoms with Gasteiger partial charge in [0.15, 0.2) is 0 Å². The summed E-state index contributed by atoms with van der Waals surface area (Å²) in [6.07, 6.45) is 4.67. The monoisotopic (exact) mass is 210 g/mol. The van der Waals surface area contributed by atoms with Crippen LogP contribution in [0.4, 0.5) is 0 Å². The first-order valence-corrected chi connectivity index (χ1v) is 5.75. The Balaban J connectivity index is 1.72. The summed E-state index contributed by atoms with van der Waals surface area (Å²) in [7, 11) is 0. The molecule has 4 heteroatoms. The Kier molecular flexibility index (Phi) is 3.36. The standard InChI is InChI=1S/C11H18N2O2/c14-8-9-3-5-13(6-4-9)7-10-1-2-11(15)12-10/h8-10H,1-7H2,(H,12,15). The molecule has 0 aromatic carbocycles. The van der Waals surface area contributed by atoms with Gasteiger partial charge in [0.25, 0.3) is 0 Å². The molecule has 0 spiro atoms. The number of hydrogen-bond donors (Lipinski definition) is 1. The highest BCUT2D eigenvalue weighted by atomic mass is 16.2. The molecule has 0 saturated carbocycles. The summed E-state index contributed by atoms with van der Waals surface area (Å²) in [6.45, 7) is 2.95. The number of nitrogens with zero attached hydrogens (tertiary/aromatic N) is 1. The molecule has 2 aliphatic rings. The van der Waals surface area contributed by atoms with Crippen LogP contribution in [-0.2, 0) is 9.59 Å². The Labute approximate surface area is 90.0 Å². The largest absolute Gasteiger partial charge is 0.352 e. The highest BCUT2D eigenvalue weighted by Crippen LogP contribution is 2.16. The van der Waals surface area contributed by atoms with Crippen molar-refractivity contribution in [2.75, 3.05) is 19.6 Å². The van der Waals surface area contributed by atoms with Crippen molar-refractivity contribution in [2.24, 2.45) is 5.92 Å². The molecule has 0 bridgehead atoms. The molecule has 2 saturated heterocycles. The number of nitrogens with one attached hydrogen (secondary N) is 1. The Morgan fingerprint density at radius 1 is 1.33 bits per heavy atom. The van der Waals surface area contributed by atoms with Gasteiger partial charge in [-0.25, -0.2) is 0 Å². The number of likely N-dealkylation sites (tertiary alicyclic amines) is 1. The number of piperidine rings is 1. The van der Waals surface area contributed by atoms with Crippen LogP contribution < -0.4 is 5.32 Å². The zero-order valence-corrected chi connectivity index (χ0v) is 8.95. The summed E-state index contributed by atoms with van der Waals surface area (Å²) in [4.78, 5) is 24.0. The van der Waals surface area contributed by atoms with Gasteiger partial charge in [-0.05, 0) is 32.4 Å². The third-order valence-corrected chi connectivity index (χ3v) is 3.39. The number of carbonyl (C=O) groups excluding carboxylic acids is 2. The van der Waals surface area contributed by atoms with Crippen LogP contribution in [0.2, 0.25) is 0 Å². The maximum Gasteiger partial charge on any atom is 0.220 e. The van der Waals surface area contributed by atoms with Crippen LogP contribution in [0.15, 0.2) is 0 Å². The molecule has 2 aliphatic heterocycles. The van der Waals surface area contributed by atoms with E-state index in [0.717, 1.165) is 45.2 Å². The molecule has 0 radical (unpaired) electrons. The minimum absolute atomic E-state index is 0.183. The van der Waals surface area contributed by atoms with E-state index in [9.17, 15) is 9.59 Å². The van der Waals surface area contributed by atoms with Crippen molar-refractivity contribution in [3.8, 4) is 0 Å². The van der Waals surface area contributed by atoms with E-state index in [1.54, 1.807) is 0 Å². The fraction of sp³-hybridized carbons (Fsp3) is 0.818. The average Bonchev–Trinajstić information content (AvgIpc) is 2.65. The van der Waals surface area contributed by atoms with Gasteiger partial charge in [-0.2, -0.15) is 0 Å². The van der Waals surface area contributed by atoms with Crippen LogP contribution in [0.3, 0.4) is 0 Å². The van der Waals surface area contributed by atoms with E-state index in [0.29, 0.717) is 12.5 Å². The third kappa shape index (κ3) is 2.78. The molecule has 1 unspecified atom stereocenters. The maximum atomic E-state index is 11.0. The number of hydrogen-bond acceptors (Lipinski definition) is 3. The summed E-state index contributed by atoms with van der Waals surface area (Å²) in [5, 5.41) is 2.98. The van der Waals surface area contributed by atoms with Crippen LogP contribution in [0.5, 0.6) is 0 Å². The van der Waals surface area contributed by atoms with Crippen molar-refractivity contribution < 1.29 is 9.59 Å². The molecule has 0 aromatic rings. The van der Waals surface area contributed by atoms with E-state index in [2.05, 4.69) is 10.2 Å². The van der Waals surface area contributed by atoms with Gasteiger partial charge in [0, 0.05) is 24.9 Å². The first-order chi connectivity index (χ1) is 7.28. The molecule has 1 N–H and O–H groups in total. The van der Waals surface area contributed by atoms with Gasteiger partial charge in [-0.3, -0.25) is 4.79 Å².